The number of hydrogen-bond acceptors (Lipinski definition) is 2. The van der Waals surface area contributed by atoms with E-state index in [-0.39, 0.29) is 5.91 Å². The monoisotopic (exact) mass is 256 g/mol. The molecule has 0 aromatic rings. The van der Waals surface area contributed by atoms with Gasteiger partial charge in [-0.2, -0.15) is 0 Å². The highest BCUT2D eigenvalue weighted by Gasteiger charge is 1.94. The maximum absolute atomic E-state index is 10.6. The first-order valence-electron chi connectivity index (χ1n) is 7.72. The van der Waals surface area contributed by atoms with Gasteiger partial charge in [0.25, 0.3) is 0 Å². The highest BCUT2D eigenvalue weighted by molar-refractivity contribution is 5.72. The highest BCUT2D eigenvalue weighted by Crippen LogP contribution is 2.09. The van der Waals surface area contributed by atoms with E-state index in [1.165, 1.54) is 57.9 Å². The molecule has 18 heavy (non-hydrogen) atoms. The number of hydrogen-bond donors (Lipinski definition) is 2. The predicted octanol–water partition coefficient (Wildman–Crippen LogP) is 3.24. The van der Waals surface area contributed by atoms with Crippen molar-refractivity contribution in [1.29, 1.82) is 0 Å². The van der Waals surface area contributed by atoms with Crippen LogP contribution in [0.2, 0.25) is 0 Å². The van der Waals surface area contributed by atoms with Gasteiger partial charge in [-0.1, -0.05) is 51.9 Å². The highest BCUT2D eigenvalue weighted by atomic mass is 16.1. The minimum atomic E-state index is 0.0903. The molecule has 0 saturated heterocycles. The topological polar surface area (TPSA) is 41.1 Å². The second kappa shape index (κ2) is 14.5. The van der Waals surface area contributed by atoms with Gasteiger partial charge in [-0.3, -0.25) is 4.79 Å². The second-order valence-corrected chi connectivity index (χ2v) is 5.02. The Hall–Kier alpha value is -0.570. The smallest absolute Gasteiger partial charge is 0.216 e. The van der Waals surface area contributed by atoms with Crippen LogP contribution in [0.15, 0.2) is 0 Å². The van der Waals surface area contributed by atoms with Crippen molar-refractivity contribution >= 4 is 5.91 Å². The van der Waals surface area contributed by atoms with Gasteiger partial charge in [0.05, 0.1) is 0 Å². The summed E-state index contributed by atoms with van der Waals surface area (Å²) in [4.78, 5) is 10.6. The molecule has 1 amide bonds. The summed E-state index contributed by atoms with van der Waals surface area (Å²) in [5, 5.41) is 6.19. The van der Waals surface area contributed by atoms with Gasteiger partial charge in [0.2, 0.25) is 5.91 Å². The largest absolute Gasteiger partial charge is 0.356 e. The van der Waals surface area contributed by atoms with Crippen LogP contribution in [0, 0.1) is 0 Å². The molecule has 0 saturated carbocycles. The lowest BCUT2D eigenvalue weighted by Crippen LogP contribution is -2.20. The summed E-state index contributed by atoms with van der Waals surface area (Å²) in [5.74, 6) is 0.0903. The Bertz CT molecular complexity index is 183. The Morgan fingerprint density at radius 3 is 1.67 bits per heavy atom. The van der Waals surface area contributed by atoms with E-state index in [0.29, 0.717) is 0 Å². The van der Waals surface area contributed by atoms with Gasteiger partial charge >= 0.3 is 0 Å². The summed E-state index contributed by atoms with van der Waals surface area (Å²) in [6.45, 7) is 6.86. The van der Waals surface area contributed by atoms with E-state index in [9.17, 15) is 4.79 Å². The molecule has 0 unspecified atom stereocenters. The fourth-order valence-electron chi connectivity index (χ4n) is 2.05. The maximum Gasteiger partial charge on any atom is 0.216 e. The fourth-order valence-corrected chi connectivity index (χ4v) is 2.05. The van der Waals surface area contributed by atoms with E-state index in [4.69, 9.17) is 0 Å². The molecular weight excluding hydrogens is 224 g/mol. The van der Waals surface area contributed by atoms with Crippen molar-refractivity contribution in [2.75, 3.05) is 19.6 Å². The van der Waals surface area contributed by atoms with Crippen LogP contribution in [-0.4, -0.2) is 25.5 Å². The SMILES string of the molecule is CCNCCCCCCCCCCCNC(C)=O. The molecule has 0 rings (SSSR count). The number of unbranched alkanes of at least 4 members (excludes halogenated alkanes) is 8. The molecule has 0 fully saturated rings. The summed E-state index contributed by atoms with van der Waals surface area (Å²) in [7, 11) is 0. The van der Waals surface area contributed by atoms with E-state index in [0.717, 1.165) is 19.5 Å². The lowest BCUT2D eigenvalue weighted by Gasteiger charge is -2.03. The Morgan fingerprint density at radius 1 is 0.778 bits per heavy atom. The number of rotatable bonds is 13. The van der Waals surface area contributed by atoms with Gasteiger partial charge < -0.3 is 10.6 Å². The third kappa shape index (κ3) is 15.4. The Kier molecular flexibility index (Phi) is 14.0. The lowest BCUT2D eigenvalue weighted by molar-refractivity contribution is -0.118. The molecule has 0 aromatic heterocycles. The minimum Gasteiger partial charge on any atom is -0.356 e. The van der Waals surface area contributed by atoms with Gasteiger partial charge in [0.15, 0.2) is 0 Å². The van der Waals surface area contributed by atoms with E-state index in [1.54, 1.807) is 6.92 Å². The van der Waals surface area contributed by atoms with Crippen molar-refractivity contribution in [2.24, 2.45) is 0 Å². The maximum atomic E-state index is 10.6. The van der Waals surface area contributed by atoms with E-state index < -0.39 is 0 Å². The number of carbonyl (C=O) groups is 1. The van der Waals surface area contributed by atoms with Crippen LogP contribution in [0.5, 0.6) is 0 Å². The molecule has 0 heterocycles. The summed E-state index contributed by atoms with van der Waals surface area (Å²) in [6.07, 6.45) is 11.9. The predicted molar refractivity (Wildman–Crippen MR) is 78.8 cm³/mol. The van der Waals surface area contributed by atoms with E-state index in [2.05, 4.69) is 17.6 Å². The quantitative estimate of drug-likeness (QED) is 0.497. The molecule has 3 heteroatoms. The molecule has 0 bridgehead atoms. The average molecular weight is 256 g/mol. The molecule has 3 nitrogen and oxygen atoms in total. The van der Waals surface area contributed by atoms with Crippen molar-refractivity contribution in [3.63, 3.8) is 0 Å². The molecule has 2 N–H and O–H groups in total. The van der Waals surface area contributed by atoms with Crippen molar-refractivity contribution in [2.45, 2.75) is 71.6 Å². The molecular formula is C15H32N2O. The Morgan fingerprint density at radius 2 is 1.22 bits per heavy atom. The third-order valence-electron chi connectivity index (χ3n) is 3.15. The van der Waals surface area contributed by atoms with Crippen LogP contribution in [0.1, 0.15) is 71.6 Å². The minimum absolute atomic E-state index is 0.0903. The number of nitrogens with one attached hydrogen (secondary N) is 2. The molecule has 0 aliphatic heterocycles. The van der Waals surface area contributed by atoms with Crippen molar-refractivity contribution in [3.05, 3.63) is 0 Å². The van der Waals surface area contributed by atoms with Gasteiger partial charge in [-0.25, -0.2) is 0 Å². The van der Waals surface area contributed by atoms with E-state index >= 15 is 0 Å². The number of carbonyl (C=O) groups excluding carboxylic acids is 1. The van der Waals surface area contributed by atoms with Crippen LogP contribution in [0.4, 0.5) is 0 Å². The van der Waals surface area contributed by atoms with Crippen LogP contribution in [0.3, 0.4) is 0 Å². The zero-order valence-electron chi connectivity index (χ0n) is 12.4. The lowest BCUT2D eigenvalue weighted by atomic mass is 10.1. The van der Waals surface area contributed by atoms with E-state index in [1.807, 2.05) is 0 Å². The Balaban J connectivity index is 2.92. The first-order chi connectivity index (χ1) is 8.77. The summed E-state index contributed by atoms with van der Waals surface area (Å²) in [6, 6.07) is 0. The van der Waals surface area contributed by atoms with Crippen LogP contribution < -0.4 is 10.6 Å². The molecule has 0 atom stereocenters. The molecule has 0 radical (unpaired) electrons. The molecule has 0 aliphatic rings. The normalized spacial score (nSPS) is 10.6. The molecule has 0 aliphatic carbocycles. The zero-order chi connectivity index (χ0) is 13.5. The van der Waals surface area contributed by atoms with Crippen LogP contribution in [0.25, 0.3) is 0 Å². The number of amides is 1. The van der Waals surface area contributed by atoms with Gasteiger partial charge in [0.1, 0.15) is 0 Å². The zero-order valence-corrected chi connectivity index (χ0v) is 12.4. The van der Waals surface area contributed by atoms with Crippen molar-refractivity contribution < 1.29 is 4.79 Å². The summed E-state index contributed by atoms with van der Waals surface area (Å²) >= 11 is 0. The first kappa shape index (κ1) is 17.4. The van der Waals surface area contributed by atoms with Gasteiger partial charge in [0, 0.05) is 13.5 Å². The third-order valence-corrected chi connectivity index (χ3v) is 3.15. The Labute approximate surface area is 113 Å². The van der Waals surface area contributed by atoms with Crippen LogP contribution >= 0.6 is 0 Å². The standard InChI is InChI=1S/C15H32N2O/c1-3-16-13-11-9-7-5-4-6-8-10-12-14-17-15(2)18/h16H,3-14H2,1-2H3,(H,17,18). The summed E-state index contributed by atoms with van der Waals surface area (Å²) in [5.41, 5.74) is 0. The second-order valence-electron chi connectivity index (χ2n) is 5.02. The average Bonchev–Trinajstić information content (AvgIpc) is 2.34. The van der Waals surface area contributed by atoms with Crippen LogP contribution in [-0.2, 0) is 4.79 Å². The van der Waals surface area contributed by atoms with Crippen molar-refractivity contribution in [3.8, 4) is 0 Å². The summed E-state index contributed by atoms with van der Waals surface area (Å²) < 4.78 is 0. The van der Waals surface area contributed by atoms with Gasteiger partial charge in [-0.05, 0) is 25.9 Å². The molecule has 0 spiro atoms. The fraction of sp³-hybridized carbons (Fsp3) is 0.933. The molecule has 0 aromatic carbocycles. The first-order valence-corrected chi connectivity index (χ1v) is 7.72. The van der Waals surface area contributed by atoms with Crippen molar-refractivity contribution in [1.82, 2.24) is 10.6 Å². The molecule has 108 valence electrons. The van der Waals surface area contributed by atoms with Gasteiger partial charge in [-0.15, -0.1) is 0 Å².